The summed E-state index contributed by atoms with van der Waals surface area (Å²) < 4.78 is 5.98. The van der Waals surface area contributed by atoms with Crippen molar-refractivity contribution in [2.45, 2.75) is 39.8 Å². The van der Waals surface area contributed by atoms with E-state index < -0.39 is 0 Å². The zero-order valence-electron chi connectivity index (χ0n) is 13.4. The van der Waals surface area contributed by atoms with Crippen molar-refractivity contribution in [3.63, 3.8) is 0 Å². The molecular formula is C19H24N2O. The van der Waals surface area contributed by atoms with Crippen molar-refractivity contribution >= 4 is 0 Å². The number of hydrogen-bond donors (Lipinski definition) is 1. The lowest BCUT2D eigenvalue weighted by Gasteiger charge is -2.14. The predicted octanol–water partition coefficient (Wildman–Crippen LogP) is 3.78. The van der Waals surface area contributed by atoms with Crippen LogP contribution < -0.4 is 10.1 Å². The summed E-state index contributed by atoms with van der Waals surface area (Å²) in [4.78, 5) is 4.30. The molecule has 1 aliphatic carbocycles. The van der Waals surface area contributed by atoms with E-state index in [9.17, 15) is 0 Å². The van der Waals surface area contributed by atoms with Gasteiger partial charge in [0.1, 0.15) is 12.4 Å². The van der Waals surface area contributed by atoms with Gasteiger partial charge in [0, 0.05) is 12.7 Å². The summed E-state index contributed by atoms with van der Waals surface area (Å²) in [6, 6.07) is 10.3. The van der Waals surface area contributed by atoms with E-state index in [0.29, 0.717) is 6.61 Å². The first-order valence-corrected chi connectivity index (χ1v) is 8.06. The summed E-state index contributed by atoms with van der Waals surface area (Å²) in [7, 11) is 0. The number of rotatable bonds is 7. The molecule has 3 nitrogen and oxygen atoms in total. The first kappa shape index (κ1) is 15.0. The summed E-state index contributed by atoms with van der Waals surface area (Å²) in [5, 5.41) is 3.54. The van der Waals surface area contributed by atoms with Gasteiger partial charge >= 0.3 is 0 Å². The molecule has 3 heteroatoms. The highest BCUT2D eigenvalue weighted by Gasteiger charge is 2.20. The third-order valence-electron chi connectivity index (χ3n) is 4.07. The molecule has 0 saturated heterocycles. The van der Waals surface area contributed by atoms with Gasteiger partial charge in [-0.2, -0.15) is 0 Å². The molecule has 0 unspecified atom stereocenters. The van der Waals surface area contributed by atoms with E-state index in [1.165, 1.54) is 29.5 Å². The second kappa shape index (κ2) is 6.93. The monoisotopic (exact) mass is 296 g/mol. The number of nitrogens with zero attached hydrogens (tertiary/aromatic N) is 1. The summed E-state index contributed by atoms with van der Waals surface area (Å²) >= 11 is 0. The third-order valence-corrected chi connectivity index (χ3v) is 4.07. The molecule has 1 saturated carbocycles. The van der Waals surface area contributed by atoms with E-state index in [-0.39, 0.29) is 0 Å². The maximum absolute atomic E-state index is 5.98. The summed E-state index contributed by atoms with van der Waals surface area (Å²) in [5.41, 5.74) is 4.68. The van der Waals surface area contributed by atoms with Crippen LogP contribution in [0.1, 0.15) is 35.2 Å². The second-order valence-corrected chi connectivity index (χ2v) is 6.24. The minimum Gasteiger partial charge on any atom is -0.487 e. The Morgan fingerprint density at radius 3 is 2.59 bits per heavy atom. The summed E-state index contributed by atoms with van der Waals surface area (Å²) in [6.45, 7) is 6.84. The molecule has 0 spiro atoms. The Morgan fingerprint density at radius 1 is 1.18 bits per heavy atom. The van der Waals surface area contributed by atoms with Crippen molar-refractivity contribution in [3.8, 4) is 5.75 Å². The fraction of sp³-hybridized carbons (Fsp3) is 0.421. The number of hydrogen-bond acceptors (Lipinski definition) is 3. The number of ether oxygens (including phenoxy) is 1. The van der Waals surface area contributed by atoms with Crippen LogP contribution in [0.3, 0.4) is 0 Å². The number of aromatic nitrogens is 1. The maximum atomic E-state index is 5.98. The van der Waals surface area contributed by atoms with Gasteiger partial charge in [0.25, 0.3) is 0 Å². The van der Waals surface area contributed by atoms with Crippen LogP contribution in [0.15, 0.2) is 36.5 Å². The van der Waals surface area contributed by atoms with Crippen molar-refractivity contribution in [3.05, 3.63) is 58.9 Å². The molecular weight excluding hydrogens is 272 g/mol. The maximum Gasteiger partial charge on any atom is 0.130 e. The van der Waals surface area contributed by atoms with Crippen molar-refractivity contribution in [1.82, 2.24) is 10.3 Å². The van der Waals surface area contributed by atoms with Crippen molar-refractivity contribution < 1.29 is 4.74 Å². The van der Waals surface area contributed by atoms with Crippen LogP contribution in [0.2, 0.25) is 0 Å². The zero-order chi connectivity index (χ0) is 15.4. The quantitative estimate of drug-likeness (QED) is 0.844. The number of aryl methyl sites for hydroxylation is 2. The Kier molecular flexibility index (Phi) is 4.74. The smallest absolute Gasteiger partial charge is 0.130 e. The van der Waals surface area contributed by atoms with E-state index in [2.05, 4.69) is 36.3 Å². The molecule has 1 aliphatic rings. The molecule has 1 heterocycles. The van der Waals surface area contributed by atoms with Crippen molar-refractivity contribution in [2.24, 2.45) is 5.92 Å². The lowest BCUT2D eigenvalue weighted by molar-refractivity contribution is 0.297. The average molecular weight is 296 g/mol. The highest BCUT2D eigenvalue weighted by molar-refractivity contribution is 5.43. The Morgan fingerprint density at radius 2 is 1.95 bits per heavy atom. The minimum atomic E-state index is 0.516. The van der Waals surface area contributed by atoms with Gasteiger partial charge in [-0.15, -0.1) is 0 Å². The van der Waals surface area contributed by atoms with Crippen LogP contribution in [-0.4, -0.2) is 11.5 Å². The van der Waals surface area contributed by atoms with Gasteiger partial charge in [0.2, 0.25) is 0 Å². The van der Waals surface area contributed by atoms with Crippen LogP contribution in [0.5, 0.6) is 5.75 Å². The molecule has 0 aliphatic heterocycles. The Labute approximate surface area is 132 Å². The fourth-order valence-electron chi connectivity index (χ4n) is 2.74. The molecule has 0 atom stereocenters. The molecule has 1 N–H and O–H groups in total. The van der Waals surface area contributed by atoms with Gasteiger partial charge in [-0.3, -0.25) is 4.98 Å². The molecule has 1 aromatic carbocycles. The van der Waals surface area contributed by atoms with Gasteiger partial charge in [-0.25, -0.2) is 0 Å². The Balaban J connectivity index is 1.61. The number of nitrogens with one attached hydrogen (secondary N) is 1. The van der Waals surface area contributed by atoms with E-state index in [1.807, 2.05) is 18.2 Å². The minimum absolute atomic E-state index is 0.516. The van der Waals surface area contributed by atoms with E-state index >= 15 is 0 Å². The lowest BCUT2D eigenvalue weighted by Crippen LogP contribution is -2.16. The van der Waals surface area contributed by atoms with Gasteiger partial charge in [0.15, 0.2) is 0 Å². The summed E-state index contributed by atoms with van der Waals surface area (Å²) in [6.07, 6.45) is 4.59. The normalized spacial score (nSPS) is 14.1. The molecule has 0 radical (unpaired) electrons. The van der Waals surface area contributed by atoms with Crippen LogP contribution in [0, 0.1) is 19.8 Å². The van der Waals surface area contributed by atoms with Gasteiger partial charge < -0.3 is 10.1 Å². The van der Waals surface area contributed by atoms with E-state index in [0.717, 1.165) is 30.5 Å². The second-order valence-electron chi connectivity index (χ2n) is 6.24. The van der Waals surface area contributed by atoms with Crippen molar-refractivity contribution in [1.29, 1.82) is 0 Å². The molecule has 0 amide bonds. The SMILES string of the molecule is Cc1cc(CNCC2CC2)cc(C)c1OCc1ccccn1. The predicted molar refractivity (Wildman–Crippen MR) is 88.9 cm³/mol. The van der Waals surface area contributed by atoms with Crippen LogP contribution in [-0.2, 0) is 13.2 Å². The zero-order valence-corrected chi connectivity index (χ0v) is 13.4. The molecule has 1 aromatic heterocycles. The number of pyridine rings is 1. The Hall–Kier alpha value is -1.87. The fourth-order valence-corrected chi connectivity index (χ4v) is 2.74. The van der Waals surface area contributed by atoms with Crippen LogP contribution in [0.25, 0.3) is 0 Å². The Bertz CT molecular complexity index is 598. The molecule has 2 aromatic rings. The topological polar surface area (TPSA) is 34.1 Å². The number of benzene rings is 1. The van der Waals surface area contributed by atoms with Crippen LogP contribution in [0.4, 0.5) is 0 Å². The molecule has 0 bridgehead atoms. The van der Waals surface area contributed by atoms with E-state index in [1.54, 1.807) is 6.20 Å². The van der Waals surface area contributed by atoms with Gasteiger partial charge in [0.05, 0.1) is 5.69 Å². The lowest BCUT2D eigenvalue weighted by atomic mass is 10.1. The first-order chi connectivity index (χ1) is 10.7. The molecule has 22 heavy (non-hydrogen) atoms. The van der Waals surface area contributed by atoms with E-state index in [4.69, 9.17) is 4.74 Å². The molecule has 116 valence electrons. The van der Waals surface area contributed by atoms with Gasteiger partial charge in [-0.1, -0.05) is 18.2 Å². The average Bonchev–Trinajstić information content (AvgIpc) is 3.32. The first-order valence-electron chi connectivity index (χ1n) is 8.06. The molecule has 3 rings (SSSR count). The van der Waals surface area contributed by atoms with Gasteiger partial charge in [-0.05, 0) is 68.0 Å². The highest BCUT2D eigenvalue weighted by atomic mass is 16.5. The highest BCUT2D eigenvalue weighted by Crippen LogP contribution is 2.28. The van der Waals surface area contributed by atoms with Crippen molar-refractivity contribution in [2.75, 3.05) is 6.54 Å². The largest absolute Gasteiger partial charge is 0.487 e. The summed E-state index contributed by atoms with van der Waals surface area (Å²) in [5.74, 6) is 1.90. The standard InChI is InChI=1S/C19H24N2O/c1-14-9-17(12-20-11-16-6-7-16)10-15(2)19(14)22-13-18-5-3-4-8-21-18/h3-5,8-10,16,20H,6-7,11-13H2,1-2H3. The third kappa shape index (κ3) is 4.08. The van der Waals surface area contributed by atoms with Crippen LogP contribution >= 0.6 is 0 Å². The molecule has 1 fully saturated rings.